The van der Waals surface area contributed by atoms with Crippen molar-refractivity contribution in [2.24, 2.45) is 5.92 Å². The summed E-state index contributed by atoms with van der Waals surface area (Å²) in [5, 5.41) is 32.6. The first-order chi connectivity index (χ1) is 9.09. The van der Waals surface area contributed by atoms with E-state index < -0.39 is 11.7 Å². The van der Waals surface area contributed by atoms with Gasteiger partial charge in [0.25, 0.3) is 0 Å². The van der Waals surface area contributed by atoms with E-state index in [-0.39, 0.29) is 12.5 Å². The molecule has 1 aliphatic carbocycles. The van der Waals surface area contributed by atoms with Crippen LogP contribution >= 0.6 is 0 Å². The Kier molecular flexibility index (Phi) is 7.61. The zero-order valence-electron chi connectivity index (χ0n) is 11.9. The van der Waals surface area contributed by atoms with Crippen LogP contribution in [0.1, 0.15) is 44.9 Å². The predicted molar refractivity (Wildman–Crippen MR) is 76.9 cm³/mol. The summed E-state index contributed by atoms with van der Waals surface area (Å²) in [5.41, 5.74) is -0.670. The molecule has 1 saturated carbocycles. The highest BCUT2D eigenvalue weighted by Crippen LogP contribution is 2.31. The van der Waals surface area contributed by atoms with Gasteiger partial charge in [0.2, 0.25) is 0 Å². The Labute approximate surface area is 116 Å². The second-order valence-corrected chi connectivity index (χ2v) is 5.87. The van der Waals surface area contributed by atoms with Crippen molar-refractivity contribution in [2.45, 2.75) is 56.7 Å². The van der Waals surface area contributed by atoms with Crippen molar-refractivity contribution in [1.29, 1.82) is 0 Å². The van der Waals surface area contributed by atoms with Crippen molar-refractivity contribution >= 4 is 0 Å². The van der Waals surface area contributed by atoms with Crippen LogP contribution < -0.4 is 5.32 Å². The Balaban J connectivity index is 2.19. The first-order valence-corrected chi connectivity index (χ1v) is 7.42. The molecule has 0 aromatic carbocycles. The Morgan fingerprint density at radius 3 is 2.47 bits per heavy atom. The summed E-state index contributed by atoms with van der Waals surface area (Å²) in [6.07, 6.45) is 7.41. The smallest absolute Gasteiger partial charge is 0.0691 e. The highest BCUT2D eigenvalue weighted by Gasteiger charge is 2.31. The van der Waals surface area contributed by atoms with Crippen molar-refractivity contribution in [1.82, 2.24) is 5.32 Å². The van der Waals surface area contributed by atoms with Crippen LogP contribution in [0.5, 0.6) is 0 Å². The number of hydrogen-bond donors (Lipinski definition) is 4. The van der Waals surface area contributed by atoms with Crippen LogP contribution in [0.15, 0.2) is 12.7 Å². The van der Waals surface area contributed by atoms with Crippen LogP contribution in [0.25, 0.3) is 0 Å². The van der Waals surface area contributed by atoms with Gasteiger partial charge in [-0.2, -0.15) is 0 Å². The van der Waals surface area contributed by atoms with E-state index in [1.165, 1.54) is 6.42 Å². The lowest BCUT2D eigenvalue weighted by Gasteiger charge is -2.33. The molecule has 4 nitrogen and oxygen atoms in total. The number of rotatable bonds is 9. The Morgan fingerprint density at radius 2 is 1.89 bits per heavy atom. The number of nitrogens with one attached hydrogen (secondary N) is 1. The van der Waals surface area contributed by atoms with Gasteiger partial charge in [-0.15, -0.1) is 6.58 Å². The van der Waals surface area contributed by atoms with Crippen molar-refractivity contribution in [3.05, 3.63) is 12.7 Å². The molecule has 1 aliphatic rings. The summed E-state index contributed by atoms with van der Waals surface area (Å²) in [4.78, 5) is 0. The van der Waals surface area contributed by atoms with E-state index >= 15 is 0 Å². The zero-order valence-corrected chi connectivity index (χ0v) is 11.9. The molecular formula is C15H29NO3. The fourth-order valence-corrected chi connectivity index (χ4v) is 2.84. The number of hydrogen-bond acceptors (Lipinski definition) is 4. The van der Waals surface area contributed by atoms with Crippen molar-refractivity contribution in [3.63, 3.8) is 0 Å². The van der Waals surface area contributed by atoms with Crippen molar-refractivity contribution in [3.8, 4) is 0 Å². The normalized spacial score (nSPS) is 21.8. The SMILES string of the molecule is C=CCC(CO)CNCC(O)CC1(O)CCCCC1. The molecule has 2 atom stereocenters. The molecule has 0 amide bonds. The largest absolute Gasteiger partial charge is 0.396 e. The van der Waals surface area contributed by atoms with Crippen LogP contribution in [-0.4, -0.2) is 46.7 Å². The van der Waals surface area contributed by atoms with Crippen LogP contribution in [0, 0.1) is 5.92 Å². The molecule has 0 radical (unpaired) electrons. The highest BCUT2D eigenvalue weighted by molar-refractivity contribution is 4.85. The second-order valence-electron chi connectivity index (χ2n) is 5.87. The number of allylic oxidation sites excluding steroid dienone is 1. The van der Waals surface area contributed by atoms with Crippen LogP contribution in [-0.2, 0) is 0 Å². The minimum absolute atomic E-state index is 0.124. The zero-order chi connectivity index (χ0) is 14.1. The molecule has 0 spiro atoms. The van der Waals surface area contributed by atoms with E-state index in [4.69, 9.17) is 5.11 Å². The van der Waals surface area contributed by atoms with Gasteiger partial charge in [0.05, 0.1) is 11.7 Å². The van der Waals surface area contributed by atoms with Crippen molar-refractivity contribution < 1.29 is 15.3 Å². The summed E-state index contributed by atoms with van der Waals surface area (Å²) < 4.78 is 0. The third kappa shape index (κ3) is 6.52. The molecule has 0 heterocycles. The Morgan fingerprint density at radius 1 is 1.21 bits per heavy atom. The van der Waals surface area contributed by atoms with Crippen LogP contribution in [0.2, 0.25) is 0 Å². The Hall–Kier alpha value is -0.420. The fourth-order valence-electron chi connectivity index (χ4n) is 2.84. The molecule has 0 bridgehead atoms. The minimum Gasteiger partial charge on any atom is -0.396 e. The number of aliphatic hydroxyl groups is 3. The van der Waals surface area contributed by atoms with Gasteiger partial charge in [0, 0.05) is 26.1 Å². The van der Waals surface area contributed by atoms with E-state index in [1.54, 1.807) is 6.08 Å². The standard InChI is InChI=1S/C15H29NO3/c1-2-6-13(12-17)10-16-11-14(18)9-15(19)7-4-3-5-8-15/h2,13-14,16-19H,1,3-12H2. The molecule has 1 fully saturated rings. The lowest BCUT2D eigenvalue weighted by Crippen LogP contribution is -2.40. The van der Waals surface area contributed by atoms with Crippen LogP contribution in [0.3, 0.4) is 0 Å². The maximum atomic E-state index is 10.3. The molecule has 0 aliphatic heterocycles. The van der Waals surface area contributed by atoms with Gasteiger partial charge in [-0.25, -0.2) is 0 Å². The van der Waals surface area contributed by atoms with Gasteiger partial charge in [-0.3, -0.25) is 0 Å². The summed E-state index contributed by atoms with van der Waals surface area (Å²) in [5.74, 6) is 0.155. The van der Waals surface area contributed by atoms with Gasteiger partial charge in [-0.1, -0.05) is 25.3 Å². The van der Waals surface area contributed by atoms with E-state index in [0.717, 1.165) is 32.1 Å². The fraction of sp³-hybridized carbons (Fsp3) is 0.867. The maximum absolute atomic E-state index is 10.3. The molecule has 2 unspecified atom stereocenters. The highest BCUT2D eigenvalue weighted by atomic mass is 16.3. The molecule has 0 aromatic heterocycles. The molecular weight excluding hydrogens is 242 g/mol. The second kappa shape index (κ2) is 8.69. The third-order valence-electron chi connectivity index (χ3n) is 3.97. The average molecular weight is 271 g/mol. The first kappa shape index (κ1) is 16.6. The average Bonchev–Trinajstić information content (AvgIpc) is 2.38. The van der Waals surface area contributed by atoms with Gasteiger partial charge < -0.3 is 20.6 Å². The molecule has 1 rings (SSSR count). The quantitative estimate of drug-likeness (QED) is 0.476. The summed E-state index contributed by atoms with van der Waals surface area (Å²) in [7, 11) is 0. The third-order valence-corrected chi connectivity index (χ3v) is 3.97. The summed E-state index contributed by atoms with van der Waals surface area (Å²) >= 11 is 0. The van der Waals surface area contributed by atoms with E-state index in [2.05, 4.69) is 11.9 Å². The molecule has 0 aromatic rings. The van der Waals surface area contributed by atoms with Gasteiger partial charge in [-0.05, 0) is 25.2 Å². The van der Waals surface area contributed by atoms with Gasteiger partial charge in [0.15, 0.2) is 0 Å². The van der Waals surface area contributed by atoms with Crippen molar-refractivity contribution in [2.75, 3.05) is 19.7 Å². The minimum atomic E-state index is -0.670. The molecule has 0 saturated heterocycles. The molecule has 112 valence electrons. The van der Waals surface area contributed by atoms with E-state index in [1.807, 2.05) is 0 Å². The first-order valence-electron chi connectivity index (χ1n) is 7.42. The molecule has 4 heteroatoms. The summed E-state index contributed by atoms with van der Waals surface area (Å²) in [6.45, 7) is 4.91. The lowest BCUT2D eigenvalue weighted by atomic mass is 9.81. The molecule has 19 heavy (non-hydrogen) atoms. The monoisotopic (exact) mass is 271 g/mol. The lowest BCUT2D eigenvalue weighted by molar-refractivity contribution is -0.0371. The van der Waals surface area contributed by atoms with E-state index in [9.17, 15) is 10.2 Å². The maximum Gasteiger partial charge on any atom is 0.0691 e. The Bertz CT molecular complexity index is 252. The van der Waals surface area contributed by atoms with Gasteiger partial charge in [0.1, 0.15) is 0 Å². The summed E-state index contributed by atoms with van der Waals surface area (Å²) in [6, 6.07) is 0. The topological polar surface area (TPSA) is 72.7 Å². The van der Waals surface area contributed by atoms with Crippen LogP contribution in [0.4, 0.5) is 0 Å². The van der Waals surface area contributed by atoms with Gasteiger partial charge >= 0.3 is 0 Å². The molecule has 4 N–H and O–H groups in total. The number of aliphatic hydroxyl groups excluding tert-OH is 2. The predicted octanol–water partition coefficient (Wildman–Crippen LogP) is 1.21. The van der Waals surface area contributed by atoms with E-state index in [0.29, 0.717) is 19.5 Å².